The third-order valence-corrected chi connectivity index (χ3v) is 7.80. The zero-order valence-corrected chi connectivity index (χ0v) is 28.5. The van der Waals surface area contributed by atoms with Gasteiger partial charge in [-0.15, -0.1) is 0 Å². The molecule has 0 bridgehead atoms. The molecule has 0 saturated carbocycles. The maximum absolute atomic E-state index is 12.2. The van der Waals surface area contributed by atoms with Gasteiger partial charge in [0.2, 0.25) is 0 Å². The van der Waals surface area contributed by atoms with Gasteiger partial charge in [0.25, 0.3) is 0 Å². The normalized spacial score (nSPS) is 11.8. The monoisotopic (exact) mass is 658 g/mol. The summed E-state index contributed by atoms with van der Waals surface area (Å²) in [5, 5.41) is 18.1. The van der Waals surface area contributed by atoms with Gasteiger partial charge in [0.15, 0.2) is 0 Å². The van der Waals surface area contributed by atoms with Crippen molar-refractivity contribution in [3.05, 3.63) is 161 Å². The van der Waals surface area contributed by atoms with Crippen LogP contribution < -0.4 is 20.1 Å². The summed E-state index contributed by atoms with van der Waals surface area (Å²) in [7, 11) is 0. The molecular weight excluding hydrogens is 612 g/mol. The van der Waals surface area contributed by atoms with Crippen LogP contribution in [0.1, 0.15) is 66.7 Å². The van der Waals surface area contributed by atoms with Gasteiger partial charge < -0.3 is 30.0 Å². The minimum atomic E-state index is -0.939. The van der Waals surface area contributed by atoms with Gasteiger partial charge in [0.05, 0.1) is 6.61 Å². The van der Waals surface area contributed by atoms with Crippen LogP contribution in [0.3, 0.4) is 0 Å². The Kier molecular flexibility index (Phi) is 12.3. The number of benzene rings is 5. The van der Waals surface area contributed by atoms with Crippen molar-refractivity contribution in [2.45, 2.75) is 65.0 Å². The highest BCUT2D eigenvalue weighted by Crippen LogP contribution is 2.33. The Labute approximate surface area is 289 Å². The first-order chi connectivity index (χ1) is 23.7. The molecule has 7 heteroatoms. The number of amides is 1. The molecule has 0 heterocycles. The van der Waals surface area contributed by atoms with E-state index in [1.807, 2.05) is 136 Å². The molecule has 0 aliphatic carbocycles. The molecule has 0 spiro atoms. The summed E-state index contributed by atoms with van der Waals surface area (Å²) in [6, 6.07) is 41.8. The first-order valence-electron chi connectivity index (χ1n) is 16.8. The molecule has 1 amide bonds. The first-order valence-corrected chi connectivity index (χ1v) is 16.8. The number of hydrogen-bond donors (Lipinski definition) is 3. The fourth-order valence-corrected chi connectivity index (χ4v) is 5.31. The van der Waals surface area contributed by atoms with E-state index >= 15 is 0 Å². The van der Waals surface area contributed by atoms with Gasteiger partial charge in [-0.3, -0.25) is 0 Å². The van der Waals surface area contributed by atoms with Crippen LogP contribution in [0.15, 0.2) is 127 Å². The molecule has 0 fully saturated rings. The molecule has 7 nitrogen and oxygen atoms in total. The van der Waals surface area contributed by atoms with E-state index in [4.69, 9.17) is 14.2 Å². The number of hydrogen-bond acceptors (Lipinski definition) is 6. The predicted molar refractivity (Wildman–Crippen MR) is 195 cm³/mol. The lowest BCUT2D eigenvalue weighted by molar-refractivity contribution is 0.0523. The van der Waals surface area contributed by atoms with Gasteiger partial charge in [-0.1, -0.05) is 97.1 Å². The lowest BCUT2D eigenvalue weighted by Crippen LogP contribution is -2.32. The fourth-order valence-electron chi connectivity index (χ4n) is 5.31. The Hall–Kier alpha value is -5.27. The SMILES string of the molecule is CC(C)(C)OC(=O)NCc1cccc(C(O)c2cc(OCCCc3ccccc3)ccc2NCc2ccc(OCc3ccccc3)cc2)c1. The Morgan fingerprint density at radius 3 is 2.08 bits per heavy atom. The number of ether oxygens (including phenoxy) is 3. The highest BCUT2D eigenvalue weighted by Gasteiger charge is 2.18. The number of alkyl carbamates (subject to hydrolysis) is 1. The van der Waals surface area contributed by atoms with Gasteiger partial charge >= 0.3 is 6.09 Å². The van der Waals surface area contributed by atoms with E-state index in [0.717, 1.165) is 41.0 Å². The van der Waals surface area contributed by atoms with Crippen LogP contribution >= 0.6 is 0 Å². The second-order valence-corrected chi connectivity index (χ2v) is 13.0. The molecule has 49 heavy (non-hydrogen) atoms. The van der Waals surface area contributed by atoms with Gasteiger partial charge in [0, 0.05) is 24.3 Å². The van der Waals surface area contributed by atoms with Gasteiger partial charge in [-0.05, 0) is 91.8 Å². The zero-order chi connectivity index (χ0) is 34.5. The molecule has 0 aliphatic heterocycles. The van der Waals surface area contributed by atoms with E-state index < -0.39 is 17.8 Å². The van der Waals surface area contributed by atoms with Crippen LogP contribution in [0, 0.1) is 0 Å². The minimum Gasteiger partial charge on any atom is -0.494 e. The maximum atomic E-state index is 12.2. The molecule has 1 atom stereocenters. The Morgan fingerprint density at radius 1 is 0.694 bits per heavy atom. The zero-order valence-electron chi connectivity index (χ0n) is 28.5. The summed E-state index contributed by atoms with van der Waals surface area (Å²) in [5.41, 5.74) is 5.92. The lowest BCUT2D eigenvalue weighted by Gasteiger charge is -2.21. The number of anilines is 1. The second kappa shape index (κ2) is 17.2. The summed E-state index contributed by atoms with van der Waals surface area (Å²) in [6.07, 6.45) is 0.374. The largest absolute Gasteiger partial charge is 0.494 e. The van der Waals surface area contributed by atoms with Crippen LogP contribution in [0.2, 0.25) is 0 Å². The standard InChI is InChI=1S/C42H46N2O5/c1-42(2,3)49-41(46)44-29-34-16-10-18-35(26-34)40(45)38-27-37(47-25-11-17-31-12-6-4-7-13-31)23-24-39(38)43-28-32-19-21-36(22-20-32)48-30-33-14-8-5-9-15-33/h4-10,12-16,18-24,26-27,40,43,45H,11,17,25,28-30H2,1-3H3,(H,44,46). The summed E-state index contributed by atoms with van der Waals surface area (Å²) < 4.78 is 17.5. The number of aryl methyl sites for hydroxylation is 1. The number of carbonyl (C=O) groups is 1. The van der Waals surface area contributed by atoms with Crippen molar-refractivity contribution in [1.82, 2.24) is 5.32 Å². The second-order valence-electron chi connectivity index (χ2n) is 13.0. The average Bonchev–Trinajstić information content (AvgIpc) is 3.11. The number of rotatable bonds is 15. The van der Waals surface area contributed by atoms with Crippen molar-refractivity contribution in [1.29, 1.82) is 0 Å². The quantitative estimate of drug-likeness (QED) is 0.0974. The molecule has 0 radical (unpaired) electrons. The number of nitrogens with one attached hydrogen (secondary N) is 2. The third kappa shape index (κ3) is 11.4. The topological polar surface area (TPSA) is 89.1 Å². The summed E-state index contributed by atoms with van der Waals surface area (Å²) in [4.78, 5) is 12.2. The Morgan fingerprint density at radius 2 is 1.37 bits per heavy atom. The molecule has 1 unspecified atom stereocenters. The molecule has 3 N–H and O–H groups in total. The Bertz CT molecular complexity index is 1750. The van der Waals surface area contributed by atoms with Gasteiger partial charge in [0.1, 0.15) is 29.8 Å². The van der Waals surface area contributed by atoms with E-state index in [1.165, 1.54) is 5.56 Å². The van der Waals surface area contributed by atoms with Crippen molar-refractivity contribution >= 4 is 11.8 Å². The maximum Gasteiger partial charge on any atom is 0.407 e. The number of aliphatic hydroxyl groups excluding tert-OH is 1. The van der Waals surface area contributed by atoms with Crippen LogP contribution in [-0.2, 0) is 30.9 Å². The summed E-state index contributed by atoms with van der Waals surface area (Å²) in [5.74, 6) is 1.49. The van der Waals surface area contributed by atoms with Crippen LogP contribution in [0.25, 0.3) is 0 Å². The number of carbonyl (C=O) groups excluding carboxylic acids is 1. The van der Waals surface area contributed by atoms with Crippen molar-refractivity contribution in [2.24, 2.45) is 0 Å². The highest BCUT2D eigenvalue weighted by molar-refractivity contribution is 5.67. The molecule has 5 aromatic carbocycles. The van der Waals surface area contributed by atoms with E-state index in [0.29, 0.717) is 36.6 Å². The fraction of sp³-hybridized carbons (Fsp3) is 0.262. The smallest absolute Gasteiger partial charge is 0.407 e. The van der Waals surface area contributed by atoms with E-state index in [1.54, 1.807) is 0 Å². The van der Waals surface area contributed by atoms with Gasteiger partial charge in [-0.2, -0.15) is 0 Å². The van der Waals surface area contributed by atoms with Gasteiger partial charge in [-0.25, -0.2) is 4.79 Å². The predicted octanol–water partition coefficient (Wildman–Crippen LogP) is 9.00. The highest BCUT2D eigenvalue weighted by atomic mass is 16.6. The summed E-state index contributed by atoms with van der Waals surface area (Å²) in [6.45, 7) is 7.37. The molecule has 5 aromatic rings. The van der Waals surface area contributed by atoms with E-state index in [9.17, 15) is 9.90 Å². The molecule has 0 aromatic heterocycles. The minimum absolute atomic E-state index is 0.274. The van der Waals surface area contributed by atoms with E-state index in [2.05, 4.69) is 22.8 Å². The molecule has 254 valence electrons. The number of aliphatic hydroxyl groups is 1. The molecular formula is C42H46N2O5. The van der Waals surface area contributed by atoms with Crippen molar-refractivity contribution in [3.63, 3.8) is 0 Å². The van der Waals surface area contributed by atoms with Crippen molar-refractivity contribution in [2.75, 3.05) is 11.9 Å². The van der Waals surface area contributed by atoms with Crippen molar-refractivity contribution in [3.8, 4) is 11.5 Å². The van der Waals surface area contributed by atoms with Crippen LogP contribution in [0.5, 0.6) is 11.5 Å². The molecule has 5 rings (SSSR count). The van der Waals surface area contributed by atoms with Crippen molar-refractivity contribution < 1.29 is 24.1 Å². The first kappa shape index (κ1) is 35.0. The van der Waals surface area contributed by atoms with Crippen LogP contribution in [-0.4, -0.2) is 23.4 Å². The molecule has 0 aliphatic rings. The van der Waals surface area contributed by atoms with Crippen LogP contribution in [0.4, 0.5) is 10.5 Å². The molecule has 0 saturated heterocycles. The third-order valence-electron chi connectivity index (χ3n) is 7.80. The van der Waals surface area contributed by atoms with E-state index in [-0.39, 0.29) is 6.54 Å². The average molecular weight is 659 g/mol. The lowest BCUT2D eigenvalue weighted by atomic mass is 9.97. The summed E-state index contributed by atoms with van der Waals surface area (Å²) >= 11 is 0. The Balaban J connectivity index is 1.27.